The fourth-order valence-corrected chi connectivity index (χ4v) is 2.85. The van der Waals surface area contributed by atoms with Gasteiger partial charge in [0.15, 0.2) is 11.0 Å². The van der Waals surface area contributed by atoms with Crippen molar-refractivity contribution in [2.75, 3.05) is 30.4 Å². The number of nitrogens with one attached hydrogen (secondary N) is 2. The van der Waals surface area contributed by atoms with Gasteiger partial charge in [-0.1, -0.05) is 18.5 Å². The van der Waals surface area contributed by atoms with Crippen LogP contribution in [0.1, 0.15) is 32.6 Å². The van der Waals surface area contributed by atoms with Gasteiger partial charge in [0, 0.05) is 32.6 Å². The minimum atomic E-state index is 0.124. The minimum Gasteiger partial charge on any atom is -0.383 e. The van der Waals surface area contributed by atoms with Crippen molar-refractivity contribution in [3.8, 4) is 0 Å². The van der Waals surface area contributed by atoms with Crippen LogP contribution in [0.5, 0.6) is 0 Å². The molecule has 1 aromatic heterocycles. The van der Waals surface area contributed by atoms with E-state index in [1.54, 1.807) is 7.05 Å². The SMILES string of the molecule is CCCC(=O)NC1CCCN(c2ncnc(Cl)c2NC)C1. The highest BCUT2D eigenvalue weighted by molar-refractivity contribution is 6.32. The molecule has 0 saturated carbocycles. The molecule has 1 aromatic rings. The standard InChI is InChI=1S/C14H22ClN5O/c1-3-5-11(21)19-10-6-4-7-20(8-10)14-12(16-2)13(15)17-9-18-14/h9-10,16H,3-8H2,1-2H3,(H,19,21). The smallest absolute Gasteiger partial charge is 0.220 e. The molecular weight excluding hydrogens is 290 g/mol. The summed E-state index contributed by atoms with van der Waals surface area (Å²) in [5.41, 5.74) is 0.736. The molecule has 0 bridgehead atoms. The molecule has 0 aromatic carbocycles. The van der Waals surface area contributed by atoms with E-state index in [4.69, 9.17) is 11.6 Å². The van der Waals surface area contributed by atoms with Gasteiger partial charge in [0.25, 0.3) is 0 Å². The average Bonchev–Trinajstić information content (AvgIpc) is 2.47. The third-order valence-corrected chi connectivity index (χ3v) is 3.88. The van der Waals surface area contributed by atoms with Gasteiger partial charge in [0.2, 0.25) is 5.91 Å². The molecule has 21 heavy (non-hydrogen) atoms. The number of carbonyl (C=O) groups excluding carboxylic acids is 1. The second kappa shape index (κ2) is 7.45. The van der Waals surface area contributed by atoms with Crippen molar-refractivity contribution in [2.24, 2.45) is 0 Å². The van der Waals surface area contributed by atoms with Crippen LogP contribution in [0.25, 0.3) is 0 Å². The van der Waals surface area contributed by atoms with Crippen LogP contribution in [0.4, 0.5) is 11.5 Å². The number of aromatic nitrogens is 2. The van der Waals surface area contributed by atoms with Crippen molar-refractivity contribution in [3.63, 3.8) is 0 Å². The first-order valence-corrected chi connectivity index (χ1v) is 7.76. The first-order chi connectivity index (χ1) is 10.2. The van der Waals surface area contributed by atoms with Gasteiger partial charge < -0.3 is 15.5 Å². The topological polar surface area (TPSA) is 70.2 Å². The zero-order chi connectivity index (χ0) is 15.2. The van der Waals surface area contributed by atoms with Gasteiger partial charge in [-0.25, -0.2) is 9.97 Å². The molecule has 2 heterocycles. The van der Waals surface area contributed by atoms with Gasteiger partial charge in [-0.05, 0) is 19.3 Å². The van der Waals surface area contributed by atoms with Crippen molar-refractivity contribution in [1.82, 2.24) is 15.3 Å². The number of halogens is 1. The maximum absolute atomic E-state index is 11.7. The average molecular weight is 312 g/mol. The number of nitrogens with zero attached hydrogens (tertiary/aromatic N) is 3. The highest BCUT2D eigenvalue weighted by Gasteiger charge is 2.24. The monoisotopic (exact) mass is 311 g/mol. The normalized spacial score (nSPS) is 18.4. The molecule has 2 rings (SSSR count). The number of rotatable bonds is 5. The molecule has 1 amide bonds. The van der Waals surface area contributed by atoms with E-state index in [9.17, 15) is 4.79 Å². The van der Waals surface area contributed by atoms with E-state index in [0.717, 1.165) is 43.9 Å². The van der Waals surface area contributed by atoms with Gasteiger partial charge in [0.1, 0.15) is 12.0 Å². The summed E-state index contributed by atoms with van der Waals surface area (Å²) in [5, 5.41) is 6.56. The van der Waals surface area contributed by atoms with Gasteiger partial charge in [0.05, 0.1) is 0 Å². The van der Waals surface area contributed by atoms with E-state index in [2.05, 4.69) is 25.5 Å². The summed E-state index contributed by atoms with van der Waals surface area (Å²) in [6, 6.07) is 0.163. The second-order valence-corrected chi connectivity index (χ2v) is 5.57. The van der Waals surface area contributed by atoms with Crippen molar-refractivity contribution < 1.29 is 4.79 Å². The molecule has 7 heteroatoms. The zero-order valence-electron chi connectivity index (χ0n) is 12.5. The Labute approximate surface area is 130 Å². The van der Waals surface area contributed by atoms with E-state index in [0.29, 0.717) is 11.6 Å². The van der Waals surface area contributed by atoms with Gasteiger partial charge in [-0.3, -0.25) is 4.79 Å². The molecule has 1 aliphatic rings. The van der Waals surface area contributed by atoms with Crippen molar-refractivity contribution in [1.29, 1.82) is 0 Å². The summed E-state index contributed by atoms with van der Waals surface area (Å²) >= 11 is 6.10. The van der Waals surface area contributed by atoms with Crippen LogP contribution in [0.3, 0.4) is 0 Å². The molecule has 0 spiro atoms. The number of hydrogen-bond donors (Lipinski definition) is 2. The van der Waals surface area contributed by atoms with E-state index >= 15 is 0 Å². The number of anilines is 2. The van der Waals surface area contributed by atoms with E-state index in [1.165, 1.54) is 6.33 Å². The Balaban J connectivity index is 2.07. The fraction of sp³-hybridized carbons (Fsp3) is 0.643. The largest absolute Gasteiger partial charge is 0.383 e. The molecule has 0 aliphatic carbocycles. The summed E-state index contributed by atoms with van der Waals surface area (Å²) in [7, 11) is 1.80. The van der Waals surface area contributed by atoms with E-state index < -0.39 is 0 Å². The predicted octanol–water partition coefficient (Wildman–Crippen LogP) is 2.06. The second-order valence-electron chi connectivity index (χ2n) is 5.22. The van der Waals surface area contributed by atoms with E-state index in [-0.39, 0.29) is 11.9 Å². The minimum absolute atomic E-state index is 0.124. The summed E-state index contributed by atoms with van der Waals surface area (Å²) in [6.45, 7) is 3.66. The summed E-state index contributed by atoms with van der Waals surface area (Å²) in [5.74, 6) is 0.922. The summed E-state index contributed by atoms with van der Waals surface area (Å²) in [4.78, 5) is 22.2. The van der Waals surface area contributed by atoms with Crippen LogP contribution in [0, 0.1) is 0 Å². The van der Waals surface area contributed by atoms with Crippen LogP contribution in [-0.2, 0) is 4.79 Å². The van der Waals surface area contributed by atoms with Crippen LogP contribution in [-0.4, -0.2) is 42.1 Å². The van der Waals surface area contributed by atoms with Crippen molar-refractivity contribution in [3.05, 3.63) is 11.5 Å². The molecule has 2 N–H and O–H groups in total. The highest BCUT2D eigenvalue weighted by atomic mass is 35.5. The summed E-state index contributed by atoms with van der Waals surface area (Å²) < 4.78 is 0. The van der Waals surface area contributed by atoms with E-state index in [1.807, 2.05) is 6.92 Å². The van der Waals surface area contributed by atoms with Crippen LogP contribution in [0.15, 0.2) is 6.33 Å². The maximum atomic E-state index is 11.7. The molecular formula is C14H22ClN5O. The Morgan fingerprint density at radius 2 is 2.33 bits per heavy atom. The predicted molar refractivity (Wildman–Crippen MR) is 84.9 cm³/mol. The summed E-state index contributed by atoms with van der Waals surface area (Å²) in [6.07, 6.45) is 4.94. The Kier molecular flexibility index (Phi) is 5.61. The van der Waals surface area contributed by atoms with Crippen LogP contribution < -0.4 is 15.5 Å². The molecule has 1 saturated heterocycles. The molecule has 1 atom stereocenters. The van der Waals surface area contributed by atoms with Gasteiger partial charge >= 0.3 is 0 Å². The molecule has 6 nitrogen and oxygen atoms in total. The Bertz CT molecular complexity index is 496. The first-order valence-electron chi connectivity index (χ1n) is 7.38. The number of piperidine rings is 1. The number of carbonyl (C=O) groups is 1. The van der Waals surface area contributed by atoms with Crippen LogP contribution in [0.2, 0.25) is 5.15 Å². The molecule has 0 radical (unpaired) electrons. The van der Waals surface area contributed by atoms with Gasteiger partial charge in [-0.15, -0.1) is 0 Å². The first kappa shape index (κ1) is 15.8. The zero-order valence-corrected chi connectivity index (χ0v) is 13.3. The lowest BCUT2D eigenvalue weighted by Gasteiger charge is -2.34. The Morgan fingerprint density at radius 1 is 1.52 bits per heavy atom. The molecule has 116 valence electrons. The lowest BCUT2D eigenvalue weighted by Crippen LogP contribution is -2.48. The highest BCUT2D eigenvalue weighted by Crippen LogP contribution is 2.30. The number of amides is 1. The third kappa shape index (κ3) is 3.97. The third-order valence-electron chi connectivity index (χ3n) is 3.59. The Hall–Kier alpha value is -1.56. The number of hydrogen-bond acceptors (Lipinski definition) is 5. The Morgan fingerprint density at radius 3 is 3.05 bits per heavy atom. The maximum Gasteiger partial charge on any atom is 0.220 e. The fourth-order valence-electron chi connectivity index (χ4n) is 2.62. The van der Waals surface area contributed by atoms with Crippen LogP contribution >= 0.6 is 11.6 Å². The van der Waals surface area contributed by atoms with Crippen molar-refractivity contribution in [2.45, 2.75) is 38.6 Å². The lowest BCUT2D eigenvalue weighted by atomic mass is 10.1. The molecule has 1 fully saturated rings. The lowest BCUT2D eigenvalue weighted by molar-refractivity contribution is -0.121. The quantitative estimate of drug-likeness (QED) is 0.815. The van der Waals surface area contributed by atoms with Crippen molar-refractivity contribution >= 4 is 29.0 Å². The molecule has 1 unspecified atom stereocenters. The molecule has 1 aliphatic heterocycles. The van der Waals surface area contributed by atoms with Gasteiger partial charge in [-0.2, -0.15) is 0 Å².